The summed E-state index contributed by atoms with van der Waals surface area (Å²) in [5.41, 5.74) is 0. The van der Waals surface area contributed by atoms with E-state index in [1.54, 1.807) is 13.0 Å². The number of anilines is 1. The fraction of sp³-hybridized carbons (Fsp3) is 0.545. The second-order valence-electron chi connectivity index (χ2n) is 4.11. The van der Waals surface area contributed by atoms with Crippen LogP contribution in [0.2, 0.25) is 5.15 Å². The largest absolute Gasteiger partial charge is 0.354 e. The molecule has 0 aliphatic carbocycles. The SMILES string of the molecule is CC(=O)C1CCCN(c2ccc(Cl)nn2)C1. The first-order chi connectivity index (χ1) is 7.66. The highest BCUT2D eigenvalue weighted by atomic mass is 35.5. The van der Waals surface area contributed by atoms with E-state index in [4.69, 9.17) is 11.6 Å². The lowest BCUT2D eigenvalue weighted by Crippen LogP contribution is -2.38. The van der Waals surface area contributed by atoms with Crippen LogP contribution in [0.15, 0.2) is 12.1 Å². The third-order valence-electron chi connectivity index (χ3n) is 2.94. The number of Topliss-reactive ketones (excluding diaryl/α,β-unsaturated/α-hetero) is 1. The van der Waals surface area contributed by atoms with Crippen LogP contribution in [-0.4, -0.2) is 29.1 Å². The van der Waals surface area contributed by atoms with E-state index < -0.39 is 0 Å². The van der Waals surface area contributed by atoms with E-state index in [0.29, 0.717) is 5.15 Å². The van der Waals surface area contributed by atoms with Crippen molar-refractivity contribution in [1.82, 2.24) is 10.2 Å². The fourth-order valence-corrected chi connectivity index (χ4v) is 2.10. The smallest absolute Gasteiger partial charge is 0.151 e. The second kappa shape index (κ2) is 4.78. The maximum Gasteiger partial charge on any atom is 0.151 e. The molecule has 5 heteroatoms. The van der Waals surface area contributed by atoms with E-state index in [2.05, 4.69) is 15.1 Å². The zero-order valence-corrected chi connectivity index (χ0v) is 9.94. The Morgan fingerprint density at radius 2 is 2.31 bits per heavy atom. The average molecular weight is 240 g/mol. The van der Waals surface area contributed by atoms with Gasteiger partial charge in [0.2, 0.25) is 0 Å². The van der Waals surface area contributed by atoms with Crippen molar-refractivity contribution in [2.24, 2.45) is 5.92 Å². The predicted molar refractivity (Wildman–Crippen MR) is 62.7 cm³/mol. The molecule has 1 aromatic heterocycles. The summed E-state index contributed by atoms with van der Waals surface area (Å²) in [7, 11) is 0. The molecular weight excluding hydrogens is 226 g/mol. The topological polar surface area (TPSA) is 46.1 Å². The molecule has 0 spiro atoms. The number of carbonyl (C=O) groups is 1. The zero-order chi connectivity index (χ0) is 11.5. The van der Waals surface area contributed by atoms with Crippen LogP contribution in [-0.2, 0) is 4.79 Å². The molecule has 86 valence electrons. The normalized spacial score (nSPS) is 20.9. The summed E-state index contributed by atoms with van der Waals surface area (Å²) in [5.74, 6) is 1.19. The first-order valence-electron chi connectivity index (χ1n) is 5.41. The Hall–Kier alpha value is -1.16. The number of halogens is 1. The number of hydrogen-bond acceptors (Lipinski definition) is 4. The molecule has 0 N–H and O–H groups in total. The Labute approximate surface area is 99.6 Å². The zero-order valence-electron chi connectivity index (χ0n) is 9.19. The van der Waals surface area contributed by atoms with Gasteiger partial charge in [0.05, 0.1) is 0 Å². The van der Waals surface area contributed by atoms with E-state index in [-0.39, 0.29) is 11.7 Å². The Morgan fingerprint density at radius 1 is 1.50 bits per heavy atom. The van der Waals surface area contributed by atoms with Gasteiger partial charge in [0.25, 0.3) is 0 Å². The van der Waals surface area contributed by atoms with Gasteiger partial charge in [0.1, 0.15) is 5.78 Å². The van der Waals surface area contributed by atoms with Gasteiger partial charge in [-0.15, -0.1) is 10.2 Å². The number of rotatable bonds is 2. The highest BCUT2D eigenvalue weighted by Gasteiger charge is 2.23. The first-order valence-corrected chi connectivity index (χ1v) is 5.79. The molecule has 1 aromatic rings. The highest BCUT2D eigenvalue weighted by molar-refractivity contribution is 6.29. The van der Waals surface area contributed by atoms with Crippen molar-refractivity contribution in [3.05, 3.63) is 17.3 Å². The Bertz CT molecular complexity index is 379. The lowest BCUT2D eigenvalue weighted by atomic mass is 9.95. The molecule has 0 bridgehead atoms. The van der Waals surface area contributed by atoms with E-state index in [1.807, 2.05) is 6.07 Å². The van der Waals surface area contributed by atoms with Crippen LogP contribution in [0, 0.1) is 5.92 Å². The van der Waals surface area contributed by atoms with Gasteiger partial charge in [-0.1, -0.05) is 11.6 Å². The Balaban J connectivity index is 2.09. The maximum atomic E-state index is 11.3. The lowest BCUT2D eigenvalue weighted by molar-refractivity contribution is -0.120. The van der Waals surface area contributed by atoms with Crippen molar-refractivity contribution in [2.45, 2.75) is 19.8 Å². The van der Waals surface area contributed by atoms with Crippen LogP contribution in [0.5, 0.6) is 0 Å². The summed E-state index contributed by atoms with van der Waals surface area (Å²) >= 11 is 5.68. The monoisotopic (exact) mass is 239 g/mol. The molecule has 0 aromatic carbocycles. The second-order valence-corrected chi connectivity index (χ2v) is 4.50. The molecule has 0 radical (unpaired) electrons. The standard InChI is InChI=1S/C11H14ClN3O/c1-8(16)9-3-2-6-15(7-9)11-5-4-10(12)13-14-11/h4-5,9H,2-3,6-7H2,1H3. The van der Waals surface area contributed by atoms with Crippen molar-refractivity contribution in [3.63, 3.8) is 0 Å². The number of hydrogen-bond donors (Lipinski definition) is 0. The highest BCUT2D eigenvalue weighted by Crippen LogP contribution is 2.22. The molecular formula is C11H14ClN3O. The predicted octanol–water partition coefficient (Wildman–Crippen LogP) is 1.94. The van der Waals surface area contributed by atoms with Crippen LogP contribution in [0.25, 0.3) is 0 Å². The third kappa shape index (κ3) is 2.50. The van der Waals surface area contributed by atoms with Crippen molar-refractivity contribution < 1.29 is 4.79 Å². The Kier molecular flexibility index (Phi) is 3.39. The van der Waals surface area contributed by atoms with Crippen molar-refractivity contribution in [3.8, 4) is 0 Å². The van der Waals surface area contributed by atoms with Crippen LogP contribution in [0.1, 0.15) is 19.8 Å². The minimum absolute atomic E-state index is 0.131. The summed E-state index contributed by atoms with van der Waals surface area (Å²) in [6, 6.07) is 3.57. The first kappa shape index (κ1) is 11.3. The van der Waals surface area contributed by atoms with Crippen LogP contribution in [0.4, 0.5) is 5.82 Å². The number of carbonyl (C=O) groups excluding carboxylic acids is 1. The van der Waals surface area contributed by atoms with E-state index in [9.17, 15) is 4.79 Å². The van der Waals surface area contributed by atoms with Gasteiger partial charge >= 0.3 is 0 Å². The van der Waals surface area contributed by atoms with Crippen molar-refractivity contribution >= 4 is 23.2 Å². The number of aromatic nitrogens is 2. The Morgan fingerprint density at radius 3 is 2.94 bits per heavy atom. The minimum atomic E-state index is 0.131. The molecule has 0 saturated carbocycles. The van der Waals surface area contributed by atoms with Gasteiger partial charge in [-0.25, -0.2) is 0 Å². The summed E-state index contributed by atoms with van der Waals surface area (Å²) < 4.78 is 0. The molecule has 1 unspecified atom stereocenters. The van der Waals surface area contributed by atoms with E-state index in [0.717, 1.165) is 31.7 Å². The molecule has 1 atom stereocenters. The van der Waals surface area contributed by atoms with Gasteiger partial charge in [0.15, 0.2) is 11.0 Å². The van der Waals surface area contributed by atoms with Gasteiger partial charge in [-0.3, -0.25) is 4.79 Å². The molecule has 16 heavy (non-hydrogen) atoms. The van der Waals surface area contributed by atoms with Gasteiger partial charge in [-0.05, 0) is 31.9 Å². The minimum Gasteiger partial charge on any atom is -0.354 e. The lowest BCUT2D eigenvalue weighted by Gasteiger charge is -2.31. The summed E-state index contributed by atoms with van der Waals surface area (Å²) in [4.78, 5) is 13.4. The maximum absolute atomic E-state index is 11.3. The van der Waals surface area contributed by atoms with Gasteiger partial charge < -0.3 is 4.90 Å². The molecule has 2 heterocycles. The number of nitrogens with zero attached hydrogens (tertiary/aromatic N) is 3. The molecule has 4 nitrogen and oxygen atoms in total. The van der Waals surface area contributed by atoms with Crippen molar-refractivity contribution in [2.75, 3.05) is 18.0 Å². The quantitative estimate of drug-likeness (QED) is 0.791. The molecule has 1 aliphatic heterocycles. The molecule has 2 rings (SSSR count). The molecule has 1 saturated heterocycles. The molecule has 1 fully saturated rings. The summed E-state index contributed by atoms with van der Waals surface area (Å²) in [6.07, 6.45) is 2.00. The number of ketones is 1. The van der Waals surface area contributed by atoms with E-state index in [1.165, 1.54) is 0 Å². The molecule has 0 amide bonds. The van der Waals surface area contributed by atoms with Gasteiger partial charge in [-0.2, -0.15) is 0 Å². The molecule has 1 aliphatic rings. The van der Waals surface area contributed by atoms with Gasteiger partial charge in [0, 0.05) is 19.0 Å². The van der Waals surface area contributed by atoms with Crippen LogP contribution in [0.3, 0.4) is 0 Å². The number of piperidine rings is 1. The van der Waals surface area contributed by atoms with Crippen LogP contribution < -0.4 is 4.90 Å². The van der Waals surface area contributed by atoms with Crippen molar-refractivity contribution in [1.29, 1.82) is 0 Å². The summed E-state index contributed by atoms with van der Waals surface area (Å²) in [5, 5.41) is 8.23. The van der Waals surface area contributed by atoms with E-state index >= 15 is 0 Å². The fourth-order valence-electron chi connectivity index (χ4n) is 1.99. The average Bonchev–Trinajstić information content (AvgIpc) is 2.30. The summed E-state index contributed by atoms with van der Waals surface area (Å²) in [6.45, 7) is 3.33. The third-order valence-corrected chi connectivity index (χ3v) is 3.14. The van der Waals surface area contributed by atoms with Crippen LogP contribution >= 0.6 is 11.6 Å².